The van der Waals surface area contributed by atoms with Gasteiger partial charge in [0.2, 0.25) is 0 Å². The Kier molecular flexibility index (Phi) is 4.96. The summed E-state index contributed by atoms with van der Waals surface area (Å²) in [6.07, 6.45) is 1.90. The van der Waals surface area contributed by atoms with Crippen molar-refractivity contribution in [3.05, 3.63) is 59.5 Å². The molecule has 2 aliphatic heterocycles. The highest BCUT2D eigenvalue weighted by molar-refractivity contribution is 6.45. The van der Waals surface area contributed by atoms with Crippen molar-refractivity contribution in [1.82, 2.24) is 4.90 Å². The number of likely N-dealkylation sites (tertiary alicyclic amines) is 1. The Morgan fingerprint density at radius 2 is 1.59 bits per heavy atom. The maximum absolute atomic E-state index is 13.5. The standard InChI is InChI=1S/C22H21FN2O4/c1-28-16-9-10-18(29-2)17(13-16)25-21(26)19(14-5-7-15(23)8-6-14)20(22(25)27)24-11-3-4-12-24/h5-10,13H,3-4,11-12H2,1-2H3. The number of halogens is 1. The van der Waals surface area contributed by atoms with E-state index in [4.69, 9.17) is 9.47 Å². The molecule has 2 aromatic carbocycles. The van der Waals surface area contributed by atoms with Gasteiger partial charge in [0.05, 0.1) is 25.5 Å². The number of hydrogen-bond acceptors (Lipinski definition) is 5. The molecule has 2 aliphatic rings. The molecule has 29 heavy (non-hydrogen) atoms. The number of benzene rings is 2. The number of amides is 2. The number of methoxy groups -OCH3 is 2. The van der Waals surface area contributed by atoms with Crippen LogP contribution in [0, 0.1) is 5.82 Å². The second-order valence-electron chi connectivity index (χ2n) is 6.91. The zero-order chi connectivity index (χ0) is 20.5. The number of hydrogen-bond donors (Lipinski definition) is 0. The van der Waals surface area contributed by atoms with Gasteiger partial charge >= 0.3 is 0 Å². The summed E-state index contributed by atoms with van der Waals surface area (Å²) in [7, 11) is 2.99. The minimum Gasteiger partial charge on any atom is -0.497 e. The molecule has 7 heteroatoms. The molecule has 2 amide bonds. The molecule has 0 radical (unpaired) electrons. The SMILES string of the molecule is COc1ccc(OC)c(N2C(=O)C(c3ccc(F)cc3)=C(N3CCCC3)C2=O)c1. The second-order valence-corrected chi connectivity index (χ2v) is 6.91. The average molecular weight is 396 g/mol. The number of imide groups is 1. The van der Waals surface area contributed by atoms with Crippen molar-refractivity contribution < 1.29 is 23.5 Å². The largest absolute Gasteiger partial charge is 0.497 e. The molecule has 0 atom stereocenters. The third-order valence-corrected chi connectivity index (χ3v) is 5.24. The van der Waals surface area contributed by atoms with Gasteiger partial charge in [-0.05, 0) is 42.7 Å². The Bertz CT molecular complexity index is 994. The predicted molar refractivity (Wildman–Crippen MR) is 106 cm³/mol. The molecule has 0 unspecified atom stereocenters. The maximum atomic E-state index is 13.5. The Labute approximate surface area is 168 Å². The van der Waals surface area contributed by atoms with E-state index < -0.39 is 17.6 Å². The number of rotatable bonds is 5. The lowest BCUT2D eigenvalue weighted by Gasteiger charge is -2.21. The van der Waals surface area contributed by atoms with Crippen molar-refractivity contribution in [2.75, 3.05) is 32.2 Å². The normalized spacial score (nSPS) is 16.8. The first kappa shape index (κ1) is 19.0. The smallest absolute Gasteiger partial charge is 0.282 e. The van der Waals surface area contributed by atoms with Crippen LogP contribution in [0.3, 0.4) is 0 Å². The highest BCUT2D eigenvalue weighted by Gasteiger charge is 2.44. The molecule has 0 N–H and O–H groups in total. The Balaban J connectivity index is 1.86. The minimum atomic E-state index is -0.463. The zero-order valence-corrected chi connectivity index (χ0v) is 16.3. The number of carbonyl (C=O) groups is 2. The van der Waals surface area contributed by atoms with Crippen molar-refractivity contribution in [2.45, 2.75) is 12.8 Å². The molecule has 4 rings (SSSR count). The van der Waals surface area contributed by atoms with E-state index in [0.717, 1.165) is 17.7 Å². The van der Waals surface area contributed by atoms with Gasteiger partial charge in [0.15, 0.2) is 0 Å². The fourth-order valence-corrected chi connectivity index (χ4v) is 3.82. The molecule has 1 saturated heterocycles. The van der Waals surface area contributed by atoms with E-state index in [0.29, 0.717) is 41.5 Å². The molecule has 0 spiro atoms. The highest BCUT2D eigenvalue weighted by Crippen LogP contribution is 2.40. The monoisotopic (exact) mass is 396 g/mol. The summed E-state index contributed by atoms with van der Waals surface area (Å²) in [4.78, 5) is 30.0. The number of nitrogens with zero attached hydrogens (tertiary/aromatic N) is 2. The molecule has 0 aliphatic carbocycles. The Hall–Kier alpha value is -3.35. The van der Waals surface area contributed by atoms with Gasteiger partial charge in [-0.25, -0.2) is 9.29 Å². The van der Waals surface area contributed by atoms with Crippen molar-refractivity contribution >= 4 is 23.1 Å². The van der Waals surface area contributed by atoms with Crippen LogP contribution in [0.25, 0.3) is 5.57 Å². The van der Waals surface area contributed by atoms with Crippen LogP contribution in [0.4, 0.5) is 10.1 Å². The van der Waals surface area contributed by atoms with Crippen LogP contribution >= 0.6 is 0 Å². The molecule has 150 valence electrons. The van der Waals surface area contributed by atoms with E-state index in [-0.39, 0.29) is 5.57 Å². The molecular formula is C22H21FN2O4. The lowest BCUT2D eigenvalue weighted by molar-refractivity contribution is -0.120. The first-order valence-corrected chi connectivity index (χ1v) is 9.41. The van der Waals surface area contributed by atoms with E-state index in [2.05, 4.69) is 0 Å². The fraction of sp³-hybridized carbons (Fsp3) is 0.273. The topological polar surface area (TPSA) is 59.1 Å². The molecular weight excluding hydrogens is 375 g/mol. The van der Waals surface area contributed by atoms with Crippen LogP contribution in [0.1, 0.15) is 18.4 Å². The summed E-state index contributed by atoms with van der Waals surface area (Å²) < 4.78 is 24.1. The second kappa shape index (κ2) is 7.58. The van der Waals surface area contributed by atoms with E-state index in [1.165, 1.54) is 38.5 Å². The third kappa shape index (κ3) is 3.22. The van der Waals surface area contributed by atoms with Crippen LogP contribution in [0.2, 0.25) is 0 Å². The number of anilines is 1. The van der Waals surface area contributed by atoms with Crippen LogP contribution in [0.15, 0.2) is 48.2 Å². The van der Waals surface area contributed by atoms with Crippen LogP contribution in [-0.4, -0.2) is 44.0 Å². The summed E-state index contributed by atoms with van der Waals surface area (Å²) in [5.74, 6) is -0.397. The van der Waals surface area contributed by atoms with Crippen molar-refractivity contribution in [2.24, 2.45) is 0 Å². The van der Waals surface area contributed by atoms with Gasteiger partial charge in [0.1, 0.15) is 23.0 Å². The van der Waals surface area contributed by atoms with Gasteiger partial charge < -0.3 is 14.4 Å². The minimum absolute atomic E-state index is 0.279. The molecule has 0 saturated carbocycles. The fourth-order valence-electron chi connectivity index (χ4n) is 3.82. The Morgan fingerprint density at radius 3 is 2.21 bits per heavy atom. The third-order valence-electron chi connectivity index (χ3n) is 5.24. The first-order valence-electron chi connectivity index (χ1n) is 9.41. The summed E-state index contributed by atoms with van der Waals surface area (Å²) in [6, 6.07) is 10.6. The van der Waals surface area contributed by atoms with Crippen LogP contribution in [-0.2, 0) is 9.59 Å². The Morgan fingerprint density at radius 1 is 0.897 bits per heavy atom. The quantitative estimate of drug-likeness (QED) is 0.727. The highest BCUT2D eigenvalue weighted by atomic mass is 19.1. The van der Waals surface area contributed by atoms with Gasteiger partial charge in [0.25, 0.3) is 11.8 Å². The van der Waals surface area contributed by atoms with Gasteiger partial charge in [-0.15, -0.1) is 0 Å². The summed E-state index contributed by atoms with van der Waals surface area (Å²) in [5, 5.41) is 0. The van der Waals surface area contributed by atoms with Gasteiger partial charge in [-0.1, -0.05) is 12.1 Å². The summed E-state index contributed by atoms with van der Waals surface area (Å²) in [6.45, 7) is 1.39. The molecule has 2 aromatic rings. The first-order chi connectivity index (χ1) is 14.0. The van der Waals surface area contributed by atoms with Gasteiger partial charge in [0, 0.05) is 19.2 Å². The van der Waals surface area contributed by atoms with E-state index in [1.54, 1.807) is 18.2 Å². The zero-order valence-electron chi connectivity index (χ0n) is 16.3. The predicted octanol–water partition coefficient (Wildman–Crippen LogP) is 3.22. The number of carbonyl (C=O) groups excluding carboxylic acids is 2. The van der Waals surface area contributed by atoms with Gasteiger partial charge in [-0.2, -0.15) is 0 Å². The van der Waals surface area contributed by atoms with Crippen LogP contribution in [0.5, 0.6) is 11.5 Å². The average Bonchev–Trinajstić information content (AvgIpc) is 3.34. The van der Waals surface area contributed by atoms with Crippen molar-refractivity contribution in [3.63, 3.8) is 0 Å². The molecule has 0 aromatic heterocycles. The summed E-state index contributed by atoms with van der Waals surface area (Å²) >= 11 is 0. The molecule has 6 nitrogen and oxygen atoms in total. The lowest BCUT2D eigenvalue weighted by Crippen LogP contribution is -2.34. The summed E-state index contributed by atoms with van der Waals surface area (Å²) in [5.41, 5.74) is 1.46. The maximum Gasteiger partial charge on any atom is 0.282 e. The van der Waals surface area contributed by atoms with Gasteiger partial charge in [-0.3, -0.25) is 9.59 Å². The lowest BCUT2D eigenvalue weighted by atomic mass is 10.0. The number of ether oxygens (including phenoxy) is 2. The van der Waals surface area contributed by atoms with Crippen molar-refractivity contribution in [1.29, 1.82) is 0 Å². The molecule has 1 fully saturated rings. The molecule has 0 bridgehead atoms. The van der Waals surface area contributed by atoms with E-state index in [9.17, 15) is 14.0 Å². The van der Waals surface area contributed by atoms with Crippen LogP contribution < -0.4 is 14.4 Å². The van der Waals surface area contributed by atoms with E-state index in [1.807, 2.05) is 4.90 Å². The van der Waals surface area contributed by atoms with E-state index >= 15 is 0 Å². The molecule has 2 heterocycles. The van der Waals surface area contributed by atoms with Crippen molar-refractivity contribution in [3.8, 4) is 11.5 Å².